The molecule has 0 fully saturated rings. The van der Waals surface area contributed by atoms with E-state index in [9.17, 15) is 9.18 Å². The molecule has 0 aliphatic rings. The molecule has 5 heteroatoms. The van der Waals surface area contributed by atoms with E-state index in [0.29, 0.717) is 5.03 Å². The van der Waals surface area contributed by atoms with E-state index >= 15 is 0 Å². The average molecular weight is 244 g/mol. The van der Waals surface area contributed by atoms with Gasteiger partial charge in [0, 0.05) is 10.6 Å². The molecule has 0 saturated heterocycles. The zero-order chi connectivity index (χ0) is 12.1. The Kier molecular flexibility index (Phi) is 4.31. The van der Waals surface area contributed by atoms with E-state index in [-0.39, 0.29) is 17.9 Å². The highest BCUT2D eigenvalue weighted by Gasteiger charge is 2.09. The fourth-order valence-corrected chi connectivity index (χ4v) is 1.15. The van der Waals surface area contributed by atoms with Crippen LogP contribution in [-0.4, -0.2) is 19.6 Å². The third-order valence-corrected chi connectivity index (χ3v) is 1.99. The number of hydrogen-bond donors (Lipinski definition) is 1. The van der Waals surface area contributed by atoms with Crippen LogP contribution in [0.3, 0.4) is 0 Å². The second-order valence-corrected chi connectivity index (χ2v) is 3.58. The van der Waals surface area contributed by atoms with Crippen molar-refractivity contribution in [3.05, 3.63) is 41.2 Å². The van der Waals surface area contributed by atoms with Crippen molar-refractivity contribution < 1.29 is 13.9 Å². The highest BCUT2D eigenvalue weighted by atomic mass is 35.5. The summed E-state index contributed by atoms with van der Waals surface area (Å²) in [6.07, 6.45) is 0. The molecule has 0 radical (unpaired) electrons. The highest BCUT2D eigenvalue weighted by molar-refractivity contribution is 6.29. The van der Waals surface area contributed by atoms with Gasteiger partial charge in [-0.1, -0.05) is 18.2 Å². The van der Waals surface area contributed by atoms with Crippen molar-refractivity contribution in [2.24, 2.45) is 0 Å². The summed E-state index contributed by atoms with van der Waals surface area (Å²) in [6, 6.07) is 3.96. The molecule has 0 heterocycles. The second kappa shape index (κ2) is 5.51. The van der Waals surface area contributed by atoms with Crippen molar-refractivity contribution in [1.82, 2.24) is 5.32 Å². The summed E-state index contributed by atoms with van der Waals surface area (Å²) in [4.78, 5) is 11.5. The van der Waals surface area contributed by atoms with E-state index in [0.717, 1.165) is 6.07 Å². The molecule has 0 unspecified atom stereocenters. The minimum absolute atomic E-state index is 0.0957. The fraction of sp³-hybridized carbons (Fsp3) is 0.182. The van der Waals surface area contributed by atoms with Crippen molar-refractivity contribution in [1.29, 1.82) is 0 Å². The molecular weight excluding hydrogens is 233 g/mol. The molecular formula is C11H11ClFNO2. The first-order chi connectivity index (χ1) is 7.54. The van der Waals surface area contributed by atoms with Gasteiger partial charge in [0.1, 0.15) is 0 Å². The summed E-state index contributed by atoms with van der Waals surface area (Å²) in [5.74, 6) is -0.901. The van der Waals surface area contributed by atoms with Gasteiger partial charge in [0.2, 0.25) is 0 Å². The van der Waals surface area contributed by atoms with E-state index in [4.69, 9.17) is 16.3 Å². The molecule has 0 aromatic heterocycles. The number of halogens is 2. The summed E-state index contributed by atoms with van der Waals surface area (Å²) in [5.41, 5.74) is 0.205. The number of carbonyl (C=O) groups is 1. The molecule has 1 rings (SSSR count). The smallest absolute Gasteiger partial charge is 0.251 e. The van der Waals surface area contributed by atoms with Gasteiger partial charge in [-0.3, -0.25) is 4.79 Å². The van der Waals surface area contributed by atoms with Crippen LogP contribution in [0.4, 0.5) is 4.39 Å². The minimum atomic E-state index is -0.583. The quantitative estimate of drug-likeness (QED) is 0.881. The maximum Gasteiger partial charge on any atom is 0.251 e. The topological polar surface area (TPSA) is 38.3 Å². The average Bonchev–Trinajstić information content (AvgIpc) is 2.25. The van der Waals surface area contributed by atoms with Crippen molar-refractivity contribution in [2.75, 3.05) is 13.7 Å². The van der Waals surface area contributed by atoms with Gasteiger partial charge in [0.05, 0.1) is 13.7 Å². The van der Waals surface area contributed by atoms with Crippen LogP contribution in [0, 0.1) is 5.82 Å². The summed E-state index contributed by atoms with van der Waals surface area (Å²) in [7, 11) is 1.36. The lowest BCUT2D eigenvalue weighted by Gasteiger charge is -2.06. The Labute approximate surface area is 97.9 Å². The number of ether oxygens (including phenoxy) is 1. The lowest BCUT2D eigenvalue weighted by Crippen LogP contribution is -2.24. The van der Waals surface area contributed by atoms with Crippen LogP contribution in [0.1, 0.15) is 10.4 Å². The molecule has 0 bridgehead atoms. The molecule has 86 valence electrons. The number of methoxy groups -OCH3 is 1. The van der Waals surface area contributed by atoms with E-state index in [2.05, 4.69) is 11.9 Å². The molecule has 0 atom stereocenters. The molecule has 0 aliphatic heterocycles. The first-order valence-corrected chi connectivity index (χ1v) is 4.87. The molecule has 0 saturated carbocycles. The Morgan fingerprint density at radius 1 is 1.62 bits per heavy atom. The molecule has 1 N–H and O–H groups in total. The second-order valence-electron chi connectivity index (χ2n) is 3.05. The molecule has 0 aliphatic carbocycles. The maximum atomic E-state index is 13.3. The largest absolute Gasteiger partial charge is 0.494 e. The van der Waals surface area contributed by atoms with E-state index < -0.39 is 11.7 Å². The number of benzene rings is 1. The Bertz CT molecular complexity index is 420. The van der Waals surface area contributed by atoms with Crippen LogP contribution in [0.5, 0.6) is 5.75 Å². The van der Waals surface area contributed by atoms with Crippen molar-refractivity contribution in [2.45, 2.75) is 0 Å². The number of hydrogen-bond acceptors (Lipinski definition) is 2. The van der Waals surface area contributed by atoms with Crippen molar-refractivity contribution in [3.63, 3.8) is 0 Å². The van der Waals surface area contributed by atoms with Gasteiger partial charge in [-0.05, 0) is 18.2 Å². The molecule has 0 spiro atoms. The molecule has 1 aromatic rings. The van der Waals surface area contributed by atoms with Crippen LogP contribution in [0.15, 0.2) is 29.8 Å². The lowest BCUT2D eigenvalue weighted by atomic mass is 10.2. The van der Waals surface area contributed by atoms with Gasteiger partial charge >= 0.3 is 0 Å². The predicted octanol–water partition coefficient (Wildman–Crippen LogP) is 2.32. The first kappa shape index (κ1) is 12.5. The Morgan fingerprint density at radius 2 is 2.31 bits per heavy atom. The van der Waals surface area contributed by atoms with Gasteiger partial charge in [-0.15, -0.1) is 0 Å². The van der Waals surface area contributed by atoms with E-state index in [1.54, 1.807) is 0 Å². The normalized spacial score (nSPS) is 9.69. The van der Waals surface area contributed by atoms with Gasteiger partial charge in [0.15, 0.2) is 11.6 Å². The van der Waals surface area contributed by atoms with Gasteiger partial charge in [-0.25, -0.2) is 4.39 Å². The standard InChI is InChI=1S/C11H11ClFNO2/c1-7(12)6-14-11(15)8-3-4-10(16-2)9(13)5-8/h3-5H,1,6H2,2H3,(H,14,15). The van der Waals surface area contributed by atoms with Crippen LogP contribution >= 0.6 is 11.6 Å². The Morgan fingerprint density at radius 3 is 2.81 bits per heavy atom. The van der Waals surface area contributed by atoms with Crippen LogP contribution in [0.25, 0.3) is 0 Å². The lowest BCUT2D eigenvalue weighted by molar-refractivity contribution is 0.0957. The molecule has 3 nitrogen and oxygen atoms in total. The highest BCUT2D eigenvalue weighted by Crippen LogP contribution is 2.17. The third-order valence-electron chi connectivity index (χ3n) is 1.85. The molecule has 1 aromatic carbocycles. The van der Waals surface area contributed by atoms with E-state index in [1.807, 2.05) is 0 Å². The SMILES string of the molecule is C=C(Cl)CNC(=O)c1ccc(OC)c(F)c1. The molecule has 16 heavy (non-hydrogen) atoms. The Balaban J connectivity index is 2.77. The van der Waals surface area contributed by atoms with Crippen molar-refractivity contribution >= 4 is 17.5 Å². The number of amides is 1. The maximum absolute atomic E-state index is 13.3. The number of nitrogens with one attached hydrogen (secondary N) is 1. The molecule has 1 amide bonds. The van der Waals surface area contributed by atoms with Gasteiger partial charge in [0.25, 0.3) is 5.91 Å². The fourth-order valence-electron chi connectivity index (χ4n) is 1.09. The Hall–Kier alpha value is -1.55. The van der Waals surface area contributed by atoms with Gasteiger partial charge in [-0.2, -0.15) is 0 Å². The third kappa shape index (κ3) is 3.24. The van der Waals surface area contributed by atoms with Gasteiger partial charge < -0.3 is 10.1 Å². The minimum Gasteiger partial charge on any atom is -0.494 e. The van der Waals surface area contributed by atoms with Crippen molar-refractivity contribution in [3.8, 4) is 5.75 Å². The monoisotopic (exact) mass is 243 g/mol. The number of carbonyl (C=O) groups excluding carboxylic acids is 1. The zero-order valence-electron chi connectivity index (χ0n) is 8.72. The summed E-state index contributed by atoms with van der Waals surface area (Å²) in [5, 5.41) is 2.79. The van der Waals surface area contributed by atoms with Crippen LogP contribution < -0.4 is 10.1 Å². The summed E-state index contributed by atoms with van der Waals surface area (Å²) < 4.78 is 18.0. The predicted molar refractivity (Wildman–Crippen MR) is 60.3 cm³/mol. The summed E-state index contributed by atoms with van der Waals surface area (Å²) in [6.45, 7) is 3.57. The van der Waals surface area contributed by atoms with Crippen LogP contribution in [-0.2, 0) is 0 Å². The van der Waals surface area contributed by atoms with E-state index in [1.165, 1.54) is 19.2 Å². The number of rotatable bonds is 4. The summed E-state index contributed by atoms with van der Waals surface area (Å²) >= 11 is 5.49. The van der Waals surface area contributed by atoms with Crippen LogP contribution in [0.2, 0.25) is 0 Å². The zero-order valence-corrected chi connectivity index (χ0v) is 9.47. The first-order valence-electron chi connectivity index (χ1n) is 4.49.